The molecule has 2 aromatic rings. The lowest BCUT2D eigenvalue weighted by molar-refractivity contribution is 0.262. The van der Waals surface area contributed by atoms with Gasteiger partial charge in [-0.3, -0.25) is 5.32 Å². The first-order chi connectivity index (χ1) is 9.54. The van der Waals surface area contributed by atoms with E-state index in [0.29, 0.717) is 11.7 Å². The van der Waals surface area contributed by atoms with Crippen molar-refractivity contribution in [2.45, 2.75) is 26.7 Å². The zero-order valence-corrected chi connectivity index (χ0v) is 12.0. The van der Waals surface area contributed by atoms with E-state index in [-0.39, 0.29) is 6.03 Å². The molecule has 104 valence electrons. The van der Waals surface area contributed by atoms with E-state index in [1.54, 1.807) is 12.3 Å². The van der Waals surface area contributed by atoms with Gasteiger partial charge in [0.15, 0.2) is 0 Å². The Morgan fingerprint density at radius 2 is 1.95 bits per heavy atom. The van der Waals surface area contributed by atoms with Crippen LogP contribution >= 0.6 is 0 Å². The first-order valence-electron chi connectivity index (χ1n) is 6.65. The Morgan fingerprint density at radius 3 is 2.60 bits per heavy atom. The van der Waals surface area contributed by atoms with Gasteiger partial charge >= 0.3 is 6.03 Å². The Morgan fingerprint density at radius 1 is 1.15 bits per heavy atom. The summed E-state index contributed by atoms with van der Waals surface area (Å²) in [6, 6.07) is 11.2. The van der Waals surface area contributed by atoms with Gasteiger partial charge in [0.25, 0.3) is 0 Å². The van der Waals surface area contributed by atoms with E-state index in [9.17, 15) is 4.79 Å². The van der Waals surface area contributed by atoms with Crippen molar-refractivity contribution >= 4 is 17.5 Å². The van der Waals surface area contributed by atoms with E-state index in [1.165, 1.54) is 5.56 Å². The Hall–Kier alpha value is -2.36. The highest BCUT2D eigenvalue weighted by Gasteiger charge is 2.05. The quantitative estimate of drug-likeness (QED) is 0.879. The summed E-state index contributed by atoms with van der Waals surface area (Å²) in [4.78, 5) is 16.0. The monoisotopic (exact) mass is 269 g/mol. The number of nitrogens with one attached hydrogen (secondary N) is 2. The Balaban J connectivity index is 2.01. The van der Waals surface area contributed by atoms with Crippen LogP contribution in [0.1, 0.15) is 30.9 Å². The van der Waals surface area contributed by atoms with Crippen LogP contribution in [-0.2, 0) is 0 Å². The van der Waals surface area contributed by atoms with E-state index < -0.39 is 0 Å². The fraction of sp³-hybridized carbons (Fsp3) is 0.250. The van der Waals surface area contributed by atoms with E-state index in [2.05, 4.69) is 35.5 Å². The predicted molar refractivity (Wildman–Crippen MR) is 82.1 cm³/mol. The molecule has 0 aliphatic carbocycles. The molecule has 0 saturated carbocycles. The maximum Gasteiger partial charge on any atom is 0.324 e. The highest BCUT2D eigenvalue weighted by atomic mass is 16.2. The molecule has 2 N–H and O–H groups in total. The summed E-state index contributed by atoms with van der Waals surface area (Å²) < 4.78 is 0. The minimum Gasteiger partial charge on any atom is -0.308 e. The first kappa shape index (κ1) is 14.1. The molecule has 4 nitrogen and oxygen atoms in total. The van der Waals surface area contributed by atoms with Gasteiger partial charge in [0.05, 0.1) is 0 Å². The minimum absolute atomic E-state index is 0.290. The number of anilines is 2. The molecule has 1 aromatic carbocycles. The van der Waals surface area contributed by atoms with Gasteiger partial charge in [-0.2, -0.15) is 0 Å². The topological polar surface area (TPSA) is 54.0 Å². The molecular weight excluding hydrogens is 250 g/mol. The van der Waals surface area contributed by atoms with E-state index in [4.69, 9.17) is 0 Å². The highest BCUT2D eigenvalue weighted by molar-refractivity contribution is 5.99. The third kappa shape index (κ3) is 3.82. The molecule has 0 aliphatic heterocycles. The zero-order chi connectivity index (χ0) is 14.5. The molecular formula is C16H19N3O. The third-order valence-corrected chi connectivity index (χ3v) is 2.96. The number of benzene rings is 1. The van der Waals surface area contributed by atoms with Crippen LogP contribution in [0.2, 0.25) is 0 Å². The molecule has 0 bridgehead atoms. The van der Waals surface area contributed by atoms with E-state index >= 15 is 0 Å². The van der Waals surface area contributed by atoms with Crippen LogP contribution in [0.4, 0.5) is 16.3 Å². The molecule has 4 heteroatoms. The second-order valence-corrected chi connectivity index (χ2v) is 5.08. The van der Waals surface area contributed by atoms with Crippen molar-refractivity contribution < 1.29 is 4.79 Å². The number of aryl methyl sites for hydroxylation is 1. The van der Waals surface area contributed by atoms with Gasteiger partial charge in [-0.25, -0.2) is 9.78 Å². The van der Waals surface area contributed by atoms with Gasteiger partial charge in [0.1, 0.15) is 5.82 Å². The molecule has 0 aliphatic rings. The SMILES string of the molecule is Cc1ccc(NC(=O)Nc2cccc(C(C)C)c2)nc1. The summed E-state index contributed by atoms with van der Waals surface area (Å²) in [7, 11) is 0. The van der Waals surface area contributed by atoms with Crippen molar-refractivity contribution in [3.8, 4) is 0 Å². The molecule has 0 spiro atoms. The number of aromatic nitrogens is 1. The fourth-order valence-electron chi connectivity index (χ4n) is 1.80. The summed E-state index contributed by atoms with van der Waals surface area (Å²) in [5.41, 5.74) is 3.03. The van der Waals surface area contributed by atoms with Gasteiger partial charge in [0.2, 0.25) is 0 Å². The number of urea groups is 1. The molecule has 0 atom stereocenters. The van der Waals surface area contributed by atoms with Crippen molar-refractivity contribution in [3.63, 3.8) is 0 Å². The largest absolute Gasteiger partial charge is 0.324 e. The van der Waals surface area contributed by atoms with Crippen LogP contribution in [0.25, 0.3) is 0 Å². The van der Waals surface area contributed by atoms with Crippen LogP contribution in [0.3, 0.4) is 0 Å². The minimum atomic E-state index is -0.290. The van der Waals surface area contributed by atoms with Gasteiger partial charge in [-0.15, -0.1) is 0 Å². The standard InChI is InChI=1S/C16H19N3O/c1-11(2)13-5-4-6-14(9-13)18-16(20)19-15-8-7-12(3)10-17-15/h4-11H,1-3H3,(H2,17,18,19,20). The summed E-state index contributed by atoms with van der Waals surface area (Å²) in [6.07, 6.45) is 1.72. The lowest BCUT2D eigenvalue weighted by Gasteiger charge is -2.10. The smallest absolute Gasteiger partial charge is 0.308 e. The summed E-state index contributed by atoms with van der Waals surface area (Å²) in [5, 5.41) is 5.52. The molecule has 2 rings (SSSR count). The number of nitrogens with zero attached hydrogens (tertiary/aromatic N) is 1. The molecule has 1 aromatic heterocycles. The summed E-state index contributed by atoms with van der Waals surface area (Å²) >= 11 is 0. The molecule has 0 fully saturated rings. The number of hydrogen-bond donors (Lipinski definition) is 2. The molecule has 1 heterocycles. The van der Waals surface area contributed by atoms with Gasteiger partial charge in [-0.1, -0.05) is 32.0 Å². The maximum absolute atomic E-state index is 11.9. The van der Waals surface area contributed by atoms with E-state index in [1.807, 2.05) is 31.2 Å². The molecule has 2 amide bonds. The van der Waals surface area contributed by atoms with Gasteiger partial charge in [-0.05, 0) is 42.2 Å². The Bertz CT molecular complexity index is 591. The number of hydrogen-bond acceptors (Lipinski definition) is 2. The summed E-state index contributed by atoms with van der Waals surface area (Å²) in [5.74, 6) is 0.965. The zero-order valence-electron chi connectivity index (χ0n) is 12.0. The van der Waals surface area contributed by atoms with Crippen LogP contribution < -0.4 is 10.6 Å². The van der Waals surface area contributed by atoms with Crippen LogP contribution in [-0.4, -0.2) is 11.0 Å². The number of carbonyl (C=O) groups is 1. The maximum atomic E-state index is 11.9. The van der Waals surface area contributed by atoms with Crippen molar-refractivity contribution in [1.29, 1.82) is 0 Å². The van der Waals surface area contributed by atoms with Gasteiger partial charge < -0.3 is 5.32 Å². The van der Waals surface area contributed by atoms with E-state index in [0.717, 1.165) is 11.3 Å². The van der Waals surface area contributed by atoms with Crippen molar-refractivity contribution in [1.82, 2.24) is 4.98 Å². The average molecular weight is 269 g/mol. The fourth-order valence-corrected chi connectivity index (χ4v) is 1.80. The highest BCUT2D eigenvalue weighted by Crippen LogP contribution is 2.18. The molecule has 0 saturated heterocycles. The third-order valence-electron chi connectivity index (χ3n) is 2.96. The van der Waals surface area contributed by atoms with Crippen LogP contribution in [0, 0.1) is 6.92 Å². The molecule has 0 radical (unpaired) electrons. The predicted octanol–water partition coefficient (Wildman–Crippen LogP) is 4.16. The van der Waals surface area contributed by atoms with Crippen molar-refractivity contribution in [2.24, 2.45) is 0 Å². The normalized spacial score (nSPS) is 10.4. The Labute approximate surface area is 119 Å². The molecule has 0 unspecified atom stereocenters. The van der Waals surface area contributed by atoms with Crippen LogP contribution in [0.15, 0.2) is 42.6 Å². The lowest BCUT2D eigenvalue weighted by Crippen LogP contribution is -2.20. The summed E-state index contributed by atoms with van der Waals surface area (Å²) in [6.45, 7) is 6.19. The molecule has 20 heavy (non-hydrogen) atoms. The second-order valence-electron chi connectivity index (χ2n) is 5.08. The number of rotatable bonds is 3. The first-order valence-corrected chi connectivity index (χ1v) is 6.65. The average Bonchev–Trinajstić information content (AvgIpc) is 2.41. The van der Waals surface area contributed by atoms with Gasteiger partial charge in [0, 0.05) is 11.9 Å². The van der Waals surface area contributed by atoms with Crippen molar-refractivity contribution in [2.75, 3.05) is 10.6 Å². The number of carbonyl (C=O) groups excluding carboxylic acids is 1. The lowest BCUT2D eigenvalue weighted by atomic mass is 10.0. The second kappa shape index (κ2) is 6.19. The van der Waals surface area contributed by atoms with Crippen LogP contribution in [0.5, 0.6) is 0 Å². The Kier molecular flexibility index (Phi) is 4.35. The number of amides is 2. The van der Waals surface area contributed by atoms with Crippen molar-refractivity contribution in [3.05, 3.63) is 53.7 Å². The number of pyridine rings is 1.